The molecular weight excluding hydrogens is 372 g/mol. The van der Waals surface area contributed by atoms with Gasteiger partial charge in [0.1, 0.15) is 0 Å². The van der Waals surface area contributed by atoms with Crippen LogP contribution in [0.4, 0.5) is 14.5 Å². The first-order valence-corrected chi connectivity index (χ1v) is 9.38. The number of hydrogen-bond acceptors (Lipinski definition) is 3. The van der Waals surface area contributed by atoms with Gasteiger partial charge in [-0.3, -0.25) is 4.79 Å². The summed E-state index contributed by atoms with van der Waals surface area (Å²) in [6.07, 6.45) is 1.63. The van der Waals surface area contributed by atoms with E-state index in [2.05, 4.69) is 5.32 Å². The predicted molar refractivity (Wildman–Crippen MR) is 92.7 cm³/mol. The van der Waals surface area contributed by atoms with Gasteiger partial charge >= 0.3 is 5.76 Å². The van der Waals surface area contributed by atoms with E-state index < -0.39 is 20.5 Å². The Balaban J connectivity index is 1.85. The Kier molecular flexibility index (Phi) is 6.50. The zero-order valence-electron chi connectivity index (χ0n) is 13.1. The average molecular weight is 388 g/mol. The molecule has 134 valence electrons. The molecule has 0 bridgehead atoms. The second kappa shape index (κ2) is 8.40. The lowest BCUT2D eigenvalue weighted by Gasteiger charge is -2.07. The van der Waals surface area contributed by atoms with Gasteiger partial charge in [0.25, 0.3) is 0 Å². The quantitative estimate of drug-likeness (QED) is 0.770. The van der Waals surface area contributed by atoms with Gasteiger partial charge in [-0.05, 0) is 54.8 Å². The second-order valence-electron chi connectivity index (χ2n) is 5.36. The third kappa shape index (κ3) is 5.51. The van der Waals surface area contributed by atoms with Crippen molar-refractivity contribution < 1.29 is 22.0 Å². The lowest BCUT2D eigenvalue weighted by Crippen LogP contribution is -2.13. The number of nitrogens with one attached hydrogen (secondary N) is 1. The van der Waals surface area contributed by atoms with Crippen molar-refractivity contribution >= 4 is 33.0 Å². The molecule has 8 heteroatoms. The van der Waals surface area contributed by atoms with E-state index in [1.807, 2.05) is 12.1 Å². The first-order valence-electron chi connectivity index (χ1n) is 7.45. The predicted octanol–water partition coefficient (Wildman–Crippen LogP) is 4.30. The van der Waals surface area contributed by atoms with Crippen LogP contribution in [-0.4, -0.2) is 20.1 Å². The summed E-state index contributed by atoms with van der Waals surface area (Å²) in [5, 5.41) is 3.25. The van der Waals surface area contributed by atoms with Gasteiger partial charge in [0.15, 0.2) is 0 Å². The van der Waals surface area contributed by atoms with Gasteiger partial charge in [0.2, 0.25) is 15.7 Å². The van der Waals surface area contributed by atoms with Crippen LogP contribution in [0.1, 0.15) is 18.4 Å². The number of carbonyl (C=O) groups excluding carboxylic acids is 1. The number of aryl methyl sites for hydroxylation is 1. The molecule has 4 nitrogen and oxygen atoms in total. The van der Waals surface area contributed by atoms with E-state index in [1.54, 1.807) is 12.1 Å². The highest BCUT2D eigenvalue weighted by molar-refractivity contribution is 7.91. The Morgan fingerprint density at radius 1 is 1.04 bits per heavy atom. The minimum atomic E-state index is -4.63. The average Bonchev–Trinajstić information content (AvgIpc) is 2.57. The summed E-state index contributed by atoms with van der Waals surface area (Å²) in [4.78, 5) is 11.4. The summed E-state index contributed by atoms with van der Waals surface area (Å²) in [6, 6.07) is 12.0. The number of anilines is 1. The number of benzene rings is 2. The highest BCUT2D eigenvalue weighted by Gasteiger charge is 2.26. The van der Waals surface area contributed by atoms with Gasteiger partial charge in [0, 0.05) is 17.1 Å². The molecule has 0 saturated carbocycles. The molecule has 0 saturated heterocycles. The molecule has 0 radical (unpaired) electrons. The van der Waals surface area contributed by atoms with Gasteiger partial charge in [0.05, 0.1) is 4.90 Å². The summed E-state index contributed by atoms with van der Waals surface area (Å²) in [6.45, 7) is 0. The lowest BCUT2D eigenvalue weighted by atomic mass is 10.1. The molecule has 0 fully saturated rings. The van der Waals surface area contributed by atoms with E-state index in [-0.39, 0.29) is 12.3 Å². The largest absolute Gasteiger partial charge is 0.341 e. The third-order valence-corrected chi connectivity index (χ3v) is 5.13. The number of amides is 1. The third-order valence-electron chi connectivity index (χ3n) is 3.48. The number of alkyl halides is 2. The van der Waals surface area contributed by atoms with Gasteiger partial charge in [-0.1, -0.05) is 23.7 Å². The molecule has 0 aliphatic rings. The number of rotatable bonds is 7. The van der Waals surface area contributed by atoms with E-state index in [1.165, 1.54) is 12.1 Å². The number of halogens is 3. The summed E-state index contributed by atoms with van der Waals surface area (Å²) in [5.41, 5.74) is 1.42. The number of carbonyl (C=O) groups is 1. The number of sulfone groups is 1. The van der Waals surface area contributed by atoms with E-state index in [0.29, 0.717) is 17.1 Å². The van der Waals surface area contributed by atoms with Crippen LogP contribution in [0.2, 0.25) is 5.02 Å². The smallest absolute Gasteiger partial charge is 0.326 e. The molecule has 1 amide bonds. The molecule has 0 aliphatic heterocycles. The monoisotopic (exact) mass is 387 g/mol. The Bertz CT molecular complexity index is 822. The lowest BCUT2D eigenvalue weighted by molar-refractivity contribution is -0.116. The van der Waals surface area contributed by atoms with E-state index >= 15 is 0 Å². The van der Waals surface area contributed by atoms with Crippen molar-refractivity contribution in [3.63, 3.8) is 0 Å². The van der Waals surface area contributed by atoms with Gasteiger partial charge in [-0.25, -0.2) is 8.42 Å². The molecule has 0 atom stereocenters. The summed E-state index contributed by atoms with van der Waals surface area (Å²) in [5.74, 6) is -3.71. The zero-order valence-corrected chi connectivity index (χ0v) is 14.7. The first-order chi connectivity index (χ1) is 11.8. The van der Waals surface area contributed by atoms with Crippen molar-refractivity contribution in [2.24, 2.45) is 0 Å². The van der Waals surface area contributed by atoms with E-state index in [0.717, 1.165) is 24.1 Å². The fraction of sp³-hybridized carbons (Fsp3) is 0.235. The Labute approximate surface area is 149 Å². The van der Waals surface area contributed by atoms with E-state index in [9.17, 15) is 22.0 Å². The van der Waals surface area contributed by atoms with Crippen molar-refractivity contribution in [1.29, 1.82) is 0 Å². The standard InChI is InChI=1S/C17H16ClF2NO3S/c18-13-6-4-12(5-7-13)2-1-3-16(22)21-14-8-10-15(11-9-14)25(23,24)17(19)20/h4-11,17H,1-3H2,(H,21,22). The molecule has 2 aromatic rings. The Morgan fingerprint density at radius 3 is 2.20 bits per heavy atom. The maximum absolute atomic E-state index is 12.4. The molecule has 2 aromatic carbocycles. The Hall–Kier alpha value is -1.99. The summed E-state index contributed by atoms with van der Waals surface area (Å²) in [7, 11) is -4.63. The molecule has 1 N–H and O–H groups in total. The van der Waals surface area contributed by atoms with Crippen LogP contribution in [0.25, 0.3) is 0 Å². The second-order valence-corrected chi connectivity index (χ2v) is 7.71. The normalized spacial score (nSPS) is 11.5. The van der Waals surface area contributed by atoms with Gasteiger partial charge in [-0.15, -0.1) is 0 Å². The SMILES string of the molecule is O=C(CCCc1ccc(Cl)cc1)Nc1ccc(S(=O)(=O)C(F)F)cc1. The van der Waals surface area contributed by atoms with Crippen LogP contribution in [0.5, 0.6) is 0 Å². The summed E-state index contributed by atoms with van der Waals surface area (Å²) < 4.78 is 47.5. The van der Waals surface area contributed by atoms with Crippen LogP contribution in [-0.2, 0) is 21.1 Å². The molecule has 0 unspecified atom stereocenters. The first kappa shape index (κ1) is 19.3. The molecule has 0 spiro atoms. The maximum atomic E-state index is 12.4. The number of hydrogen-bond donors (Lipinski definition) is 1. The molecule has 2 rings (SSSR count). The fourth-order valence-corrected chi connectivity index (χ4v) is 3.01. The van der Waals surface area contributed by atoms with Crippen molar-refractivity contribution in [2.45, 2.75) is 29.9 Å². The van der Waals surface area contributed by atoms with Crippen LogP contribution in [0.3, 0.4) is 0 Å². The van der Waals surface area contributed by atoms with Crippen molar-refractivity contribution in [1.82, 2.24) is 0 Å². The minimum Gasteiger partial charge on any atom is -0.326 e. The van der Waals surface area contributed by atoms with Crippen LogP contribution in [0.15, 0.2) is 53.4 Å². The zero-order chi connectivity index (χ0) is 18.4. The molecule has 0 aromatic heterocycles. The molecule has 0 heterocycles. The topological polar surface area (TPSA) is 63.2 Å². The molecular formula is C17H16ClF2NO3S. The van der Waals surface area contributed by atoms with Crippen LogP contribution in [0, 0.1) is 0 Å². The highest BCUT2D eigenvalue weighted by atomic mass is 35.5. The van der Waals surface area contributed by atoms with Gasteiger partial charge in [-0.2, -0.15) is 8.78 Å². The van der Waals surface area contributed by atoms with E-state index in [4.69, 9.17) is 11.6 Å². The highest BCUT2D eigenvalue weighted by Crippen LogP contribution is 2.20. The van der Waals surface area contributed by atoms with Crippen molar-refractivity contribution in [3.05, 3.63) is 59.1 Å². The molecule has 25 heavy (non-hydrogen) atoms. The van der Waals surface area contributed by atoms with Crippen LogP contribution < -0.4 is 5.32 Å². The minimum absolute atomic E-state index is 0.238. The van der Waals surface area contributed by atoms with Crippen LogP contribution >= 0.6 is 11.6 Å². The summed E-state index contributed by atoms with van der Waals surface area (Å²) >= 11 is 5.80. The van der Waals surface area contributed by atoms with Gasteiger partial charge < -0.3 is 5.32 Å². The fourth-order valence-electron chi connectivity index (χ4n) is 2.16. The molecule has 0 aliphatic carbocycles. The maximum Gasteiger partial charge on any atom is 0.341 e. The Morgan fingerprint density at radius 2 is 1.64 bits per heavy atom. The van der Waals surface area contributed by atoms with Crippen molar-refractivity contribution in [3.8, 4) is 0 Å². The van der Waals surface area contributed by atoms with Crippen molar-refractivity contribution in [2.75, 3.05) is 5.32 Å².